The minimum Gasteiger partial charge on any atom is -0.388 e. The molecule has 1 atom stereocenters. The summed E-state index contributed by atoms with van der Waals surface area (Å²) in [7, 11) is 0. The maximum atomic E-state index is 13.4. The quantitative estimate of drug-likeness (QED) is 0.108. The summed E-state index contributed by atoms with van der Waals surface area (Å²) in [6.45, 7) is 8.10. The number of hydrogen-bond acceptors (Lipinski definition) is 5. The molecule has 252 valence electrons. The van der Waals surface area contributed by atoms with Crippen LogP contribution in [0.2, 0.25) is 0 Å². The number of amidine groups is 1. The molecule has 1 saturated heterocycles. The molecule has 1 unspecified atom stereocenters. The number of nitrogens with two attached hydrogens (primary N) is 1. The number of aryl methyl sites for hydroxylation is 1. The van der Waals surface area contributed by atoms with Gasteiger partial charge in [-0.2, -0.15) is 26.3 Å². The van der Waals surface area contributed by atoms with Crippen molar-refractivity contribution in [2.45, 2.75) is 83.6 Å². The van der Waals surface area contributed by atoms with Gasteiger partial charge in [-0.3, -0.25) is 5.41 Å². The van der Waals surface area contributed by atoms with E-state index in [0.717, 1.165) is 73.8 Å². The lowest BCUT2D eigenvalue weighted by atomic mass is 9.89. The van der Waals surface area contributed by atoms with Crippen molar-refractivity contribution in [2.75, 3.05) is 19.6 Å². The average molecular weight is 668 g/mol. The zero-order chi connectivity index (χ0) is 33.9. The number of allylic oxidation sites excluding steroid dienone is 2. The summed E-state index contributed by atoms with van der Waals surface area (Å²) in [5, 5.41) is 12.5. The number of rotatable bonds is 11. The Morgan fingerprint density at radius 2 is 1.63 bits per heavy atom. The van der Waals surface area contributed by atoms with Gasteiger partial charge in [0.2, 0.25) is 0 Å². The molecule has 3 aromatic rings. The number of alkyl halides is 6. The fourth-order valence-electron chi connectivity index (χ4n) is 5.52. The highest BCUT2D eigenvalue weighted by Gasteiger charge is 2.37. The third kappa shape index (κ3) is 11.5. The SMILES string of the molecule is CC(=N)N.CC/C=C(/NCc1cc(C(F)(F)F)cc(C(F)(F)F)c1)C(CCN1CCC(c2ccccc2)CC1)c1csc(CC)n1. The maximum absolute atomic E-state index is 13.4. The lowest BCUT2D eigenvalue weighted by molar-refractivity contribution is -0.143. The van der Waals surface area contributed by atoms with E-state index in [0.29, 0.717) is 12.3 Å². The van der Waals surface area contributed by atoms with Crippen molar-refractivity contribution < 1.29 is 26.3 Å². The van der Waals surface area contributed by atoms with Crippen LogP contribution in [0.4, 0.5) is 26.3 Å². The molecule has 4 rings (SSSR count). The molecule has 46 heavy (non-hydrogen) atoms. The molecular weight excluding hydrogens is 624 g/mol. The van der Waals surface area contributed by atoms with Crippen LogP contribution in [0.15, 0.2) is 65.7 Å². The fraction of sp³-hybridized carbons (Fsp3) is 0.471. The Bertz CT molecular complexity index is 1370. The van der Waals surface area contributed by atoms with Crippen molar-refractivity contribution in [1.82, 2.24) is 15.2 Å². The molecule has 1 aliphatic heterocycles. The first-order valence-corrected chi connectivity index (χ1v) is 16.3. The topological polar surface area (TPSA) is 78.0 Å². The smallest absolute Gasteiger partial charge is 0.388 e. The second kappa shape index (κ2) is 17.0. The molecule has 0 bridgehead atoms. The summed E-state index contributed by atoms with van der Waals surface area (Å²) in [4.78, 5) is 7.25. The number of hydrogen-bond donors (Lipinski definition) is 3. The molecule has 0 spiro atoms. The molecule has 1 fully saturated rings. The minimum atomic E-state index is -4.88. The summed E-state index contributed by atoms with van der Waals surface area (Å²) >= 11 is 1.57. The van der Waals surface area contributed by atoms with Crippen LogP contribution in [0.25, 0.3) is 0 Å². The van der Waals surface area contributed by atoms with Gasteiger partial charge < -0.3 is 16.0 Å². The first-order valence-electron chi connectivity index (χ1n) is 15.5. The van der Waals surface area contributed by atoms with Crippen molar-refractivity contribution >= 4 is 17.2 Å². The zero-order valence-electron chi connectivity index (χ0n) is 26.4. The van der Waals surface area contributed by atoms with Crippen LogP contribution in [0, 0.1) is 5.41 Å². The van der Waals surface area contributed by atoms with Gasteiger partial charge in [0.15, 0.2) is 0 Å². The van der Waals surface area contributed by atoms with Gasteiger partial charge in [0.05, 0.1) is 27.7 Å². The Morgan fingerprint density at radius 3 is 2.13 bits per heavy atom. The molecule has 0 aliphatic carbocycles. The fourth-order valence-corrected chi connectivity index (χ4v) is 6.32. The Hall–Kier alpha value is -3.38. The zero-order valence-corrected chi connectivity index (χ0v) is 27.3. The Morgan fingerprint density at radius 1 is 1.04 bits per heavy atom. The van der Waals surface area contributed by atoms with E-state index in [-0.39, 0.29) is 29.9 Å². The Kier molecular flexibility index (Phi) is 13.7. The lowest BCUT2D eigenvalue weighted by Gasteiger charge is -2.33. The Labute approximate surface area is 271 Å². The van der Waals surface area contributed by atoms with Crippen LogP contribution < -0.4 is 11.1 Å². The van der Waals surface area contributed by atoms with E-state index in [4.69, 9.17) is 16.1 Å². The molecule has 0 amide bonds. The largest absolute Gasteiger partial charge is 0.416 e. The molecule has 12 heteroatoms. The van der Waals surface area contributed by atoms with E-state index in [1.165, 1.54) is 12.5 Å². The number of nitrogens with zero attached hydrogens (tertiary/aromatic N) is 2. The number of halogens is 6. The highest BCUT2D eigenvalue weighted by atomic mass is 32.1. The lowest BCUT2D eigenvalue weighted by Crippen LogP contribution is -2.35. The number of nitrogens with one attached hydrogen (secondary N) is 2. The number of piperidine rings is 1. The van der Waals surface area contributed by atoms with E-state index < -0.39 is 23.5 Å². The van der Waals surface area contributed by atoms with Crippen LogP contribution in [-0.4, -0.2) is 35.4 Å². The molecule has 2 aromatic carbocycles. The first kappa shape index (κ1) is 37.1. The minimum absolute atomic E-state index is 0.0755. The molecular formula is C34H43F6N5S. The van der Waals surface area contributed by atoms with Gasteiger partial charge in [0.1, 0.15) is 0 Å². The third-order valence-corrected chi connectivity index (χ3v) is 8.78. The van der Waals surface area contributed by atoms with Crippen molar-refractivity contribution in [2.24, 2.45) is 5.73 Å². The predicted molar refractivity (Wildman–Crippen MR) is 173 cm³/mol. The summed E-state index contributed by atoms with van der Waals surface area (Å²) in [5.74, 6) is 0.552. The summed E-state index contributed by atoms with van der Waals surface area (Å²) in [6, 6.07) is 12.3. The molecule has 4 N–H and O–H groups in total. The first-order chi connectivity index (χ1) is 21.7. The number of thiazole rings is 1. The van der Waals surface area contributed by atoms with Gasteiger partial charge >= 0.3 is 12.4 Å². The van der Waals surface area contributed by atoms with E-state index in [9.17, 15) is 26.3 Å². The second-order valence-electron chi connectivity index (χ2n) is 11.4. The van der Waals surface area contributed by atoms with E-state index in [1.54, 1.807) is 11.3 Å². The summed E-state index contributed by atoms with van der Waals surface area (Å²) < 4.78 is 80.6. The monoisotopic (exact) mass is 667 g/mol. The van der Waals surface area contributed by atoms with Crippen molar-refractivity contribution in [3.8, 4) is 0 Å². The number of likely N-dealkylation sites (tertiary alicyclic amines) is 1. The normalized spacial score (nSPS) is 15.6. The van der Waals surface area contributed by atoms with Gasteiger partial charge in [-0.1, -0.05) is 50.3 Å². The van der Waals surface area contributed by atoms with Crippen LogP contribution >= 0.6 is 11.3 Å². The average Bonchev–Trinajstić information content (AvgIpc) is 3.48. The molecule has 1 aromatic heterocycles. The summed E-state index contributed by atoms with van der Waals surface area (Å²) in [6.07, 6.45) is -3.49. The molecule has 0 saturated carbocycles. The number of benzene rings is 2. The molecule has 0 radical (unpaired) electrons. The van der Waals surface area contributed by atoms with Crippen molar-refractivity contribution in [3.63, 3.8) is 0 Å². The van der Waals surface area contributed by atoms with E-state index in [2.05, 4.69) is 34.5 Å². The van der Waals surface area contributed by atoms with Crippen LogP contribution in [0.1, 0.15) is 91.2 Å². The van der Waals surface area contributed by atoms with Crippen molar-refractivity contribution in [3.05, 3.63) is 98.6 Å². The maximum Gasteiger partial charge on any atom is 0.416 e. The van der Waals surface area contributed by atoms with Crippen LogP contribution in [0.3, 0.4) is 0 Å². The van der Waals surface area contributed by atoms with Gasteiger partial charge in [-0.05, 0) is 93.9 Å². The van der Waals surface area contributed by atoms with Crippen LogP contribution in [-0.2, 0) is 25.3 Å². The highest BCUT2D eigenvalue weighted by Crippen LogP contribution is 2.37. The highest BCUT2D eigenvalue weighted by molar-refractivity contribution is 7.09. The summed E-state index contributed by atoms with van der Waals surface area (Å²) in [5.41, 5.74) is 5.02. The van der Waals surface area contributed by atoms with Gasteiger partial charge in [-0.25, -0.2) is 4.98 Å². The predicted octanol–water partition coefficient (Wildman–Crippen LogP) is 9.12. The Balaban J connectivity index is 0.00000136. The van der Waals surface area contributed by atoms with E-state index in [1.807, 2.05) is 31.4 Å². The van der Waals surface area contributed by atoms with Gasteiger partial charge in [0.25, 0.3) is 0 Å². The van der Waals surface area contributed by atoms with Gasteiger partial charge in [-0.15, -0.1) is 11.3 Å². The third-order valence-electron chi connectivity index (χ3n) is 7.77. The van der Waals surface area contributed by atoms with Crippen LogP contribution in [0.5, 0.6) is 0 Å². The van der Waals surface area contributed by atoms with Crippen molar-refractivity contribution in [1.29, 1.82) is 5.41 Å². The van der Waals surface area contributed by atoms with Gasteiger partial charge in [0, 0.05) is 23.5 Å². The number of aromatic nitrogens is 1. The molecule has 5 nitrogen and oxygen atoms in total. The second-order valence-corrected chi connectivity index (χ2v) is 12.3. The molecule has 2 heterocycles. The van der Waals surface area contributed by atoms with E-state index >= 15 is 0 Å². The standard InChI is InChI=1S/C32H37F6N3S.C2H6N2/c1-3-8-28(39-20-22-17-25(31(33,34)35)19-26(18-22)32(36,37)38)27(29-21-42-30(4-2)40-29)13-16-41-14-11-24(12-15-41)23-9-6-5-7-10-23;1-2(3)4/h5-10,17-19,21,24,27,39H,3-4,11-16,20H2,1-2H3;1H3,(H3,3,4)/b28-8+;. The molecule has 1 aliphatic rings.